The van der Waals surface area contributed by atoms with Crippen molar-refractivity contribution < 1.29 is 67.3 Å². The van der Waals surface area contributed by atoms with E-state index in [1.54, 1.807) is 24.3 Å². The molecule has 0 saturated carbocycles. The predicted molar refractivity (Wildman–Crippen MR) is 210 cm³/mol. The molecule has 0 bridgehead atoms. The van der Waals surface area contributed by atoms with Gasteiger partial charge in [0.05, 0.1) is 29.4 Å². The van der Waals surface area contributed by atoms with Crippen molar-refractivity contribution >= 4 is 64.5 Å². The van der Waals surface area contributed by atoms with Crippen LogP contribution in [0.3, 0.4) is 0 Å². The Labute approximate surface area is 343 Å². The number of carboxylic acids is 1. The maximum Gasteiger partial charge on any atom is 0.338 e. The fraction of sp³-hybridized carbons (Fsp3) is 0.425. The number of aliphatic hydroxyl groups excluding tert-OH is 1. The second-order valence-corrected chi connectivity index (χ2v) is 14.9. The van der Waals surface area contributed by atoms with Crippen molar-refractivity contribution in [3.63, 3.8) is 0 Å². The van der Waals surface area contributed by atoms with Gasteiger partial charge in [-0.3, -0.25) is 19.2 Å². The normalized spacial score (nSPS) is 24.2. The number of anilines is 1. The number of aliphatic hydroxyl groups is 1. The van der Waals surface area contributed by atoms with E-state index >= 15 is 0 Å². The Morgan fingerprint density at radius 2 is 1.50 bits per heavy atom. The van der Waals surface area contributed by atoms with Crippen LogP contribution in [0.1, 0.15) is 80.0 Å². The third kappa shape index (κ3) is 12.3. The smallest absolute Gasteiger partial charge is 0.338 e. The first-order valence-electron chi connectivity index (χ1n) is 18.2. The number of thioether (sulfide) groups is 1. The minimum atomic E-state index is -1.33. The van der Waals surface area contributed by atoms with Crippen LogP contribution in [-0.2, 0) is 58.9 Å². The number of carbonyl (C=O) groups is 5. The lowest BCUT2D eigenvalue weighted by Crippen LogP contribution is -2.62. The van der Waals surface area contributed by atoms with E-state index in [0.29, 0.717) is 28.5 Å². The van der Waals surface area contributed by atoms with Gasteiger partial charge in [0.2, 0.25) is 0 Å². The van der Waals surface area contributed by atoms with Crippen LogP contribution in [0.4, 0.5) is 5.69 Å². The van der Waals surface area contributed by atoms with E-state index in [0.717, 1.165) is 31.9 Å². The Bertz CT molecular complexity index is 1960. The monoisotopic (exact) mass is 840 g/mol. The molecule has 18 heteroatoms. The van der Waals surface area contributed by atoms with Gasteiger partial charge in [-0.25, -0.2) is 9.78 Å². The molecule has 2 aromatic carbocycles. The first kappa shape index (κ1) is 44.1. The Kier molecular flexibility index (Phi) is 15.7. The van der Waals surface area contributed by atoms with Crippen LogP contribution < -0.4 is 5.32 Å². The maximum atomic E-state index is 12.3. The van der Waals surface area contributed by atoms with Gasteiger partial charge in [0, 0.05) is 63.7 Å². The summed E-state index contributed by atoms with van der Waals surface area (Å²) in [6.45, 7) is 4.16. The molecule has 2 aliphatic heterocycles. The Morgan fingerprint density at radius 1 is 0.828 bits per heavy atom. The van der Waals surface area contributed by atoms with Gasteiger partial charge in [-0.1, -0.05) is 48.6 Å². The van der Waals surface area contributed by atoms with Crippen molar-refractivity contribution in [2.45, 2.75) is 101 Å². The number of esters is 4. The van der Waals surface area contributed by atoms with Crippen LogP contribution in [0.5, 0.6) is 0 Å². The number of ether oxygens (including phenoxy) is 7. The summed E-state index contributed by atoms with van der Waals surface area (Å²) >= 11 is 7.01. The molecule has 2 fully saturated rings. The molecule has 2 saturated heterocycles. The molecule has 3 N–H and O–H groups in total. The molecule has 0 aliphatic carbocycles. The van der Waals surface area contributed by atoms with Crippen molar-refractivity contribution in [1.29, 1.82) is 0 Å². The molecular formula is C40H44N2O14S2. The summed E-state index contributed by atoms with van der Waals surface area (Å²) in [5, 5.41) is 22.8. The molecule has 16 nitrogen and oxygen atoms in total. The number of carboxylic acid groups (broad SMARTS) is 1. The minimum Gasteiger partial charge on any atom is -0.478 e. The van der Waals surface area contributed by atoms with E-state index < -0.39 is 78.9 Å². The highest BCUT2D eigenvalue weighted by molar-refractivity contribution is 7.99. The van der Waals surface area contributed by atoms with Crippen molar-refractivity contribution in [2.24, 2.45) is 0 Å². The quantitative estimate of drug-likeness (QED) is 0.0806. The highest BCUT2D eigenvalue weighted by atomic mass is 32.2. The van der Waals surface area contributed by atoms with Crippen molar-refractivity contribution in [3.8, 4) is 0 Å². The van der Waals surface area contributed by atoms with Crippen molar-refractivity contribution in [1.82, 2.24) is 4.98 Å². The van der Waals surface area contributed by atoms with E-state index in [2.05, 4.69) is 10.3 Å². The lowest BCUT2D eigenvalue weighted by molar-refractivity contribution is -0.251. The average Bonchev–Trinajstić information content (AvgIpc) is 3.18. The molecule has 1 aromatic heterocycles. The number of aromatic nitrogens is 1. The van der Waals surface area contributed by atoms with E-state index in [1.165, 1.54) is 30.9 Å². The van der Waals surface area contributed by atoms with Gasteiger partial charge in [-0.2, -0.15) is 0 Å². The molecule has 58 heavy (non-hydrogen) atoms. The number of nitrogens with one attached hydrogen (secondary N) is 1. The van der Waals surface area contributed by atoms with Crippen LogP contribution in [0.15, 0.2) is 71.9 Å². The first-order valence-corrected chi connectivity index (χ1v) is 19.6. The van der Waals surface area contributed by atoms with Crippen LogP contribution in [-0.4, -0.2) is 99.0 Å². The second kappa shape index (κ2) is 20.6. The van der Waals surface area contributed by atoms with Crippen LogP contribution >= 0.6 is 24.0 Å². The molecule has 8 unspecified atom stereocenters. The summed E-state index contributed by atoms with van der Waals surface area (Å²) in [5.41, 5.74) is 2.88. The summed E-state index contributed by atoms with van der Waals surface area (Å²) in [7, 11) is 0. The number of carbonyl (C=O) groups excluding carboxylic acids is 4. The van der Waals surface area contributed by atoms with Gasteiger partial charge in [-0.05, 0) is 35.4 Å². The van der Waals surface area contributed by atoms with Crippen molar-refractivity contribution in [2.75, 3.05) is 17.7 Å². The Balaban J connectivity index is 1.36. The molecule has 0 spiro atoms. The summed E-state index contributed by atoms with van der Waals surface area (Å²) < 4.78 is 40.9. The number of rotatable bonds is 15. The molecular weight excluding hydrogens is 797 g/mol. The fourth-order valence-electron chi connectivity index (χ4n) is 6.50. The average molecular weight is 841 g/mol. The zero-order chi connectivity index (χ0) is 41.9. The molecule has 3 aromatic rings. The topological polar surface area (TPSA) is 215 Å². The lowest BCUT2D eigenvalue weighted by atomic mass is 9.92. The maximum absolute atomic E-state index is 12.3. The number of nitrogens with zero attached hydrogens (tertiary/aromatic N) is 1. The summed E-state index contributed by atoms with van der Waals surface area (Å²) in [5.74, 6) is -3.55. The number of aromatic carboxylic acids is 1. The third-order valence-electron chi connectivity index (χ3n) is 8.94. The molecule has 2 aliphatic rings. The number of pyridine rings is 1. The van der Waals surface area contributed by atoms with E-state index in [9.17, 15) is 34.2 Å². The number of hydrogen-bond donors (Lipinski definition) is 3. The summed E-state index contributed by atoms with van der Waals surface area (Å²) in [4.78, 5) is 64.7. The van der Waals surface area contributed by atoms with Gasteiger partial charge in [0.15, 0.2) is 24.6 Å². The second-order valence-electron chi connectivity index (χ2n) is 13.4. The van der Waals surface area contributed by atoms with Gasteiger partial charge in [0.1, 0.15) is 23.8 Å². The van der Waals surface area contributed by atoms with Gasteiger partial charge >= 0.3 is 29.8 Å². The molecule has 3 heterocycles. The molecule has 0 amide bonds. The van der Waals surface area contributed by atoms with E-state index in [-0.39, 0.29) is 30.2 Å². The minimum absolute atomic E-state index is 0.0773. The zero-order valence-corrected chi connectivity index (χ0v) is 33.7. The lowest BCUT2D eigenvalue weighted by Gasteiger charge is -2.44. The largest absolute Gasteiger partial charge is 0.478 e. The zero-order valence-electron chi connectivity index (χ0n) is 32.1. The first-order chi connectivity index (χ1) is 27.7. The van der Waals surface area contributed by atoms with Gasteiger partial charge in [-0.15, -0.1) is 11.8 Å². The number of thiocarbonyl (C=S) groups is 1. The van der Waals surface area contributed by atoms with Gasteiger partial charge < -0.3 is 48.7 Å². The SMILES string of the molecule is CC(=O)OCC1OC(CC(=S)Nc2cccc(C3OC(CSc4ncccc4C(=O)O)CC(c4ccc(CO)cc4)O3)c2)C(OC(C)=O)C(OC(C)=O)C1OC(C)=O. The van der Waals surface area contributed by atoms with Crippen LogP contribution in [0, 0.1) is 0 Å². The standard InChI is InChI=1S/C40H44N2O14S2/c1-21(44)50-19-33-36(52-23(3)46)37(53-24(4)47)35(51-22(2)45)32(55-33)17-34(57)42-28-8-5-7-27(15-28)40-54-29(20-58-38-30(39(48)49)9-6-14-41-38)16-31(56-40)26-12-10-25(18-43)11-13-26/h5-15,29,31-33,35-37,40,43H,16-20H2,1-4H3,(H,42,57)(H,48,49). The van der Waals surface area contributed by atoms with E-state index in [4.69, 9.17) is 45.4 Å². The predicted octanol–water partition coefficient (Wildman–Crippen LogP) is 4.86. The van der Waals surface area contributed by atoms with Crippen LogP contribution in [0.2, 0.25) is 0 Å². The highest BCUT2D eigenvalue weighted by Crippen LogP contribution is 2.40. The molecule has 5 rings (SSSR count). The Morgan fingerprint density at radius 3 is 2.14 bits per heavy atom. The Hall–Kier alpha value is -4.98. The summed E-state index contributed by atoms with van der Waals surface area (Å²) in [6, 6.07) is 17.6. The molecule has 310 valence electrons. The van der Waals surface area contributed by atoms with E-state index in [1.807, 2.05) is 30.3 Å². The fourth-order valence-corrected chi connectivity index (χ4v) is 7.79. The molecule has 0 radical (unpaired) electrons. The summed E-state index contributed by atoms with van der Waals surface area (Å²) in [6.07, 6.45) is -5.83. The number of hydrogen-bond acceptors (Lipinski definition) is 16. The van der Waals surface area contributed by atoms with Gasteiger partial charge in [0.25, 0.3) is 0 Å². The number of benzene rings is 2. The third-order valence-corrected chi connectivity index (χ3v) is 10.3. The van der Waals surface area contributed by atoms with Crippen molar-refractivity contribution in [3.05, 3.63) is 89.1 Å². The highest BCUT2D eigenvalue weighted by Gasteiger charge is 2.52. The van der Waals surface area contributed by atoms with Crippen LogP contribution in [0.25, 0.3) is 0 Å². The molecule has 8 atom stereocenters.